The van der Waals surface area contributed by atoms with E-state index in [1.807, 2.05) is 4.98 Å². The second-order valence-corrected chi connectivity index (χ2v) is 5.82. The molecule has 0 aliphatic heterocycles. The lowest BCUT2D eigenvalue weighted by Gasteiger charge is -2.06. The van der Waals surface area contributed by atoms with Crippen LogP contribution in [0.5, 0.6) is 0 Å². The first kappa shape index (κ1) is 26.6. The van der Waals surface area contributed by atoms with Crippen LogP contribution >= 0.6 is 23.2 Å². The highest BCUT2D eigenvalue weighted by Gasteiger charge is 2.35. The van der Waals surface area contributed by atoms with Crippen molar-refractivity contribution in [2.75, 3.05) is 0 Å². The van der Waals surface area contributed by atoms with Gasteiger partial charge in [-0.1, -0.05) is 11.6 Å². The molecular formula is C14H8Cl2F6N6O4. The van der Waals surface area contributed by atoms with Gasteiger partial charge in [0.25, 0.3) is 11.1 Å². The van der Waals surface area contributed by atoms with Crippen molar-refractivity contribution in [1.29, 1.82) is 0 Å². The molecule has 3 aromatic rings. The Labute approximate surface area is 180 Å². The van der Waals surface area contributed by atoms with Crippen molar-refractivity contribution < 1.29 is 26.3 Å². The fraction of sp³-hybridized carbons (Fsp3) is 0.143. The predicted molar refractivity (Wildman–Crippen MR) is 97.4 cm³/mol. The molecule has 3 heterocycles. The molecule has 0 aromatic carbocycles. The van der Waals surface area contributed by atoms with Crippen molar-refractivity contribution >= 4 is 23.2 Å². The number of nitrogens with one attached hydrogen (secondary N) is 4. The van der Waals surface area contributed by atoms with E-state index < -0.39 is 45.6 Å². The van der Waals surface area contributed by atoms with Crippen LogP contribution < -0.4 is 22.5 Å². The van der Waals surface area contributed by atoms with E-state index in [0.717, 1.165) is 0 Å². The number of aromatic amines is 4. The fourth-order valence-corrected chi connectivity index (χ4v) is 1.95. The Bertz CT molecular complexity index is 1260. The van der Waals surface area contributed by atoms with E-state index in [4.69, 9.17) is 23.2 Å². The Morgan fingerprint density at radius 3 is 1.78 bits per heavy atom. The first-order valence-corrected chi connectivity index (χ1v) is 8.29. The Balaban J connectivity index is 0.000000245. The molecule has 10 nitrogen and oxygen atoms in total. The molecule has 0 amide bonds. The summed E-state index contributed by atoms with van der Waals surface area (Å²) in [6, 6.07) is 1.24. The van der Waals surface area contributed by atoms with Crippen LogP contribution in [0.15, 0.2) is 43.8 Å². The molecule has 0 saturated heterocycles. The number of rotatable bonds is 0. The molecule has 0 radical (unpaired) electrons. The number of hydrogen-bond donors (Lipinski definition) is 4. The summed E-state index contributed by atoms with van der Waals surface area (Å²) < 4.78 is 71.4. The summed E-state index contributed by atoms with van der Waals surface area (Å²) >= 11 is 10.4. The van der Waals surface area contributed by atoms with Crippen LogP contribution in [0, 0.1) is 0 Å². The van der Waals surface area contributed by atoms with Crippen molar-refractivity contribution in [3.05, 3.63) is 87.9 Å². The highest BCUT2D eigenvalue weighted by atomic mass is 35.5. The maximum Gasteiger partial charge on any atom is 0.423 e. The number of nitrogens with zero attached hydrogens (tertiary/aromatic N) is 2. The molecule has 0 unspecified atom stereocenters. The highest BCUT2D eigenvalue weighted by molar-refractivity contribution is 6.32. The number of hydrogen-bond acceptors (Lipinski definition) is 6. The second-order valence-electron chi connectivity index (χ2n) is 5.12. The molecular weight excluding hydrogens is 501 g/mol. The molecule has 0 spiro atoms. The summed E-state index contributed by atoms with van der Waals surface area (Å²) in [6.07, 6.45) is -7.11. The minimum Gasteiger partial charge on any atom is -0.314 e. The Kier molecular flexibility index (Phi) is 8.96. The van der Waals surface area contributed by atoms with E-state index in [-0.39, 0.29) is 10.8 Å². The normalized spacial score (nSPS) is 11.0. The smallest absolute Gasteiger partial charge is 0.314 e. The first-order chi connectivity index (χ1) is 14.6. The minimum absolute atomic E-state index is 0.312. The summed E-state index contributed by atoms with van der Waals surface area (Å²) in [6.45, 7) is 0. The molecule has 0 saturated carbocycles. The van der Waals surface area contributed by atoms with Crippen molar-refractivity contribution in [3.63, 3.8) is 0 Å². The number of aromatic nitrogens is 6. The maximum atomic E-state index is 12.0. The third-order valence-corrected chi connectivity index (χ3v) is 3.30. The van der Waals surface area contributed by atoms with Gasteiger partial charge in [-0.15, -0.1) is 0 Å². The molecule has 4 N–H and O–H groups in total. The molecule has 0 aliphatic carbocycles. The first-order valence-electron chi connectivity index (χ1n) is 7.53. The SMILES string of the molecule is FC(F)(F)c1cnc(Cl)nc1Cl.O=c1[nH]cc(C(F)(F)F)c(=O)[nH]1.O=c1cc[nH]c(=O)[nH]1. The van der Waals surface area contributed by atoms with E-state index in [2.05, 4.69) is 15.0 Å². The van der Waals surface area contributed by atoms with Crippen LogP contribution in [-0.4, -0.2) is 29.9 Å². The number of halogens is 8. The monoisotopic (exact) mass is 508 g/mol. The van der Waals surface area contributed by atoms with Crippen LogP contribution in [0.2, 0.25) is 10.4 Å². The van der Waals surface area contributed by atoms with E-state index in [0.29, 0.717) is 12.4 Å². The summed E-state index contributed by atoms with van der Waals surface area (Å²) in [7, 11) is 0. The number of alkyl halides is 6. The van der Waals surface area contributed by atoms with Crippen LogP contribution in [0.4, 0.5) is 26.3 Å². The van der Waals surface area contributed by atoms with E-state index in [1.165, 1.54) is 17.2 Å². The molecule has 3 aromatic heterocycles. The predicted octanol–water partition coefficient (Wildman–Crippen LogP) is 1.95. The Hall–Kier alpha value is -3.40. The molecule has 32 heavy (non-hydrogen) atoms. The van der Waals surface area contributed by atoms with Gasteiger partial charge in [-0.25, -0.2) is 19.6 Å². The molecule has 18 heteroatoms. The number of H-pyrrole nitrogens is 4. The van der Waals surface area contributed by atoms with Crippen LogP contribution in [0.3, 0.4) is 0 Å². The van der Waals surface area contributed by atoms with Gasteiger partial charge in [0, 0.05) is 24.7 Å². The van der Waals surface area contributed by atoms with Gasteiger partial charge in [0.1, 0.15) is 16.3 Å². The van der Waals surface area contributed by atoms with Crippen molar-refractivity contribution in [3.8, 4) is 0 Å². The third-order valence-electron chi connectivity index (χ3n) is 2.83. The quantitative estimate of drug-likeness (QED) is 0.206. The summed E-state index contributed by atoms with van der Waals surface area (Å²) in [4.78, 5) is 54.9. The zero-order valence-corrected chi connectivity index (χ0v) is 16.4. The van der Waals surface area contributed by atoms with Crippen molar-refractivity contribution in [2.24, 2.45) is 0 Å². The van der Waals surface area contributed by atoms with Crippen LogP contribution in [0.1, 0.15) is 11.1 Å². The van der Waals surface area contributed by atoms with Crippen molar-refractivity contribution in [2.45, 2.75) is 12.4 Å². The van der Waals surface area contributed by atoms with Gasteiger partial charge in [0.2, 0.25) is 5.28 Å². The van der Waals surface area contributed by atoms with Crippen molar-refractivity contribution in [1.82, 2.24) is 29.9 Å². The second kappa shape index (κ2) is 10.8. The summed E-state index contributed by atoms with van der Waals surface area (Å²) in [5.74, 6) is 0. The Morgan fingerprint density at radius 2 is 1.38 bits per heavy atom. The van der Waals surface area contributed by atoms with Gasteiger partial charge in [0.15, 0.2) is 0 Å². The largest absolute Gasteiger partial charge is 0.423 e. The minimum atomic E-state index is -4.74. The van der Waals surface area contributed by atoms with Gasteiger partial charge in [-0.3, -0.25) is 19.6 Å². The molecule has 0 bridgehead atoms. The maximum absolute atomic E-state index is 12.0. The topological polar surface area (TPSA) is 157 Å². The molecule has 0 atom stereocenters. The van der Waals surface area contributed by atoms with E-state index in [1.54, 1.807) is 4.98 Å². The average molecular weight is 509 g/mol. The standard InChI is InChI=1S/C5HCl2F3N2.C5H3F3N2O2.C4H4N2O2/c6-3-2(5(8,9)10)1-11-4(7)12-3;6-5(7,8)2-1-9-4(12)10-3(2)11;7-3-1-2-5-4(8)6-3/h1H;1H,(H2,9,10,11,12);1-2H,(H2,5,6,7,8). The van der Waals surface area contributed by atoms with Crippen LogP contribution in [-0.2, 0) is 12.4 Å². The van der Waals surface area contributed by atoms with Crippen LogP contribution in [0.25, 0.3) is 0 Å². The summed E-state index contributed by atoms with van der Waals surface area (Å²) in [5, 5.41) is -1.00. The molecule has 3 rings (SSSR count). The zero-order chi connectivity index (χ0) is 24.7. The van der Waals surface area contributed by atoms with Gasteiger partial charge < -0.3 is 9.97 Å². The lowest BCUT2D eigenvalue weighted by molar-refractivity contribution is -0.139. The lowest BCUT2D eigenvalue weighted by Crippen LogP contribution is -2.28. The highest BCUT2D eigenvalue weighted by Crippen LogP contribution is 2.33. The molecule has 0 fully saturated rings. The average Bonchev–Trinajstić information content (AvgIpc) is 2.60. The zero-order valence-electron chi connectivity index (χ0n) is 14.9. The molecule has 0 aliphatic rings. The van der Waals surface area contributed by atoms with Gasteiger partial charge >= 0.3 is 23.7 Å². The fourth-order valence-electron chi connectivity index (χ4n) is 1.53. The van der Waals surface area contributed by atoms with E-state index in [9.17, 15) is 45.5 Å². The summed E-state index contributed by atoms with van der Waals surface area (Å²) in [5.41, 5.74) is -5.76. The molecule has 174 valence electrons. The van der Waals surface area contributed by atoms with Gasteiger partial charge in [-0.2, -0.15) is 26.3 Å². The van der Waals surface area contributed by atoms with Gasteiger partial charge in [0.05, 0.1) is 0 Å². The Morgan fingerprint density at radius 1 is 0.812 bits per heavy atom. The van der Waals surface area contributed by atoms with Gasteiger partial charge in [-0.05, 0) is 11.6 Å². The third kappa shape index (κ3) is 8.76. The van der Waals surface area contributed by atoms with E-state index >= 15 is 0 Å². The lowest BCUT2D eigenvalue weighted by atomic mass is 10.3.